The van der Waals surface area contributed by atoms with Crippen LogP contribution in [-0.4, -0.2) is 20.4 Å². The summed E-state index contributed by atoms with van der Waals surface area (Å²) in [6.07, 6.45) is 10.5. The number of rotatable bonds is 7. The fourth-order valence-electron chi connectivity index (χ4n) is 2.59. The van der Waals surface area contributed by atoms with Crippen molar-refractivity contribution in [1.82, 2.24) is 19.9 Å². The minimum Gasteiger partial charge on any atom is -0.348 e. The molecule has 26 heavy (non-hydrogen) atoms. The van der Waals surface area contributed by atoms with E-state index in [4.69, 9.17) is 0 Å². The van der Waals surface area contributed by atoms with Gasteiger partial charge in [-0.1, -0.05) is 42.0 Å². The van der Waals surface area contributed by atoms with Crippen LogP contribution in [0.5, 0.6) is 0 Å². The molecule has 1 aromatic carbocycles. The van der Waals surface area contributed by atoms with Crippen LogP contribution in [0.4, 0.5) is 0 Å². The number of nitrogens with zero attached hydrogens (tertiary/aromatic N) is 3. The molecule has 5 nitrogen and oxygen atoms in total. The van der Waals surface area contributed by atoms with Gasteiger partial charge in [-0.25, -0.2) is 9.97 Å². The zero-order chi connectivity index (χ0) is 18.2. The predicted octanol–water partition coefficient (Wildman–Crippen LogP) is 3.46. The average Bonchev–Trinajstić information content (AvgIpc) is 3.21. The Bertz CT molecular complexity index is 853. The Morgan fingerprint density at radius 1 is 1.15 bits per heavy atom. The molecule has 0 saturated carbocycles. The van der Waals surface area contributed by atoms with E-state index in [1.807, 2.05) is 48.0 Å². The molecule has 2 heterocycles. The van der Waals surface area contributed by atoms with Crippen LogP contribution in [0.3, 0.4) is 0 Å². The maximum atomic E-state index is 12.1. The molecule has 0 atom stereocenters. The Balaban J connectivity index is 1.47. The number of aryl methyl sites for hydroxylation is 1. The summed E-state index contributed by atoms with van der Waals surface area (Å²) in [5.74, 6) is 0.725. The molecule has 0 aliphatic carbocycles. The van der Waals surface area contributed by atoms with Crippen molar-refractivity contribution in [3.63, 3.8) is 0 Å². The lowest BCUT2D eigenvalue weighted by molar-refractivity contribution is -0.116. The largest absolute Gasteiger partial charge is 0.348 e. The second kappa shape index (κ2) is 8.76. The van der Waals surface area contributed by atoms with Crippen LogP contribution in [0.1, 0.15) is 24.5 Å². The van der Waals surface area contributed by atoms with Crippen LogP contribution in [0.25, 0.3) is 5.82 Å². The molecule has 0 fully saturated rings. The van der Waals surface area contributed by atoms with Crippen LogP contribution in [0.2, 0.25) is 0 Å². The lowest BCUT2D eigenvalue weighted by Crippen LogP contribution is -2.20. The summed E-state index contributed by atoms with van der Waals surface area (Å²) in [5.41, 5.74) is 3.31. The maximum absolute atomic E-state index is 12.1. The van der Waals surface area contributed by atoms with E-state index < -0.39 is 0 Å². The smallest absolute Gasteiger partial charge is 0.244 e. The second-order valence-corrected chi connectivity index (χ2v) is 6.19. The van der Waals surface area contributed by atoms with Crippen molar-refractivity contribution < 1.29 is 4.79 Å². The quantitative estimate of drug-likeness (QED) is 0.667. The van der Waals surface area contributed by atoms with E-state index in [0.717, 1.165) is 29.8 Å². The molecule has 0 aliphatic rings. The summed E-state index contributed by atoms with van der Waals surface area (Å²) in [6.45, 7) is 2.45. The molecule has 0 saturated heterocycles. The summed E-state index contributed by atoms with van der Waals surface area (Å²) >= 11 is 0. The van der Waals surface area contributed by atoms with Gasteiger partial charge in [-0.2, -0.15) is 0 Å². The molecule has 2 aromatic heterocycles. The average molecular weight is 346 g/mol. The topological polar surface area (TPSA) is 59.8 Å². The monoisotopic (exact) mass is 346 g/mol. The van der Waals surface area contributed by atoms with E-state index in [9.17, 15) is 4.79 Å². The van der Waals surface area contributed by atoms with Crippen molar-refractivity contribution in [3.05, 3.63) is 90.2 Å². The number of pyridine rings is 1. The van der Waals surface area contributed by atoms with E-state index in [1.54, 1.807) is 24.8 Å². The summed E-state index contributed by atoms with van der Waals surface area (Å²) in [4.78, 5) is 20.5. The highest BCUT2D eigenvalue weighted by atomic mass is 16.1. The highest BCUT2D eigenvalue weighted by molar-refractivity contribution is 5.88. The van der Waals surface area contributed by atoms with Gasteiger partial charge in [0, 0.05) is 31.2 Å². The van der Waals surface area contributed by atoms with Gasteiger partial charge in [-0.3, -0.25) is 9.36 Å². The minimum absolute atomic E-state index is 0.0748. The van der Waals surface area contributed by atoms with Gasteiger partial charge < -0.3 is 5.32 Å². The van der Waals surface area contributed by atoms with Crippen molar-refractivity contribution in [2.45, 2.75) is 26.3 Å². The standard InChI is InChI=1S/C21H22N4O/c1-17(7-8-18-5-3-2-4-6-18)13-21(26)24-15-19-9-10-20(23-14-19)25-12-11-22-16-25/h2-6,9-14,16H,7-8,15H2,1H3,(H,24,26)/b17-13+. The fraction of sp³-hybridized carbons (Fsp3) is 0.190. The van der Waals surface area contributed by atoms with Gasteiger partial charge in [0.2, 0.25) is 5.91 Å². The minimum atomic E-state index is -0.0748. The number of amides is 1. The van der Waals surface area contributed by atoms with Crippen molar-refractivity contribution in [2.75, 3.05) is 0 Å². The van der Waals surface area contributed by atoms with E-state index in [-0.39, 0.29) is 5.91 Å². The number of aromatic nitrogens is 3. The highest BCUT2D eigenvalue weighted by Gasteiger charge is 2.02. The van der Waals surface area contributed by atoms with Crippen LogP contribution in [0, 0.1) is 0 Å². The number of hydrogen-bond acceptors (Lipinski definition) is 3. The summed E-state index contributed by atoms with van der Waals surface area (Å²) in [7, 11) is 0. The Labute approximate surface area is 153 Å². The molecule has 3 rings (SSSR count). The van der Waals surface area contributed by atoms with Crippen molar-refractivity contribution >= 4 is 5.91 Å². The van der Waals surface area contributed by atoms with Crippen LogP contribution >= 0.6 is 0 Å². The van der Waals surface area contributed by atoms with E-state index >= 15 is 0 Å². The maximum Gasteiger partial charge on any atom is 0.244 e. The van der Waals surface area contributed by atoms with Gasteiger partial charge in [0.15, 0.2) is 0 Å². The lowest BCUT2D eigenvalue weighted by atomic mass is 10.1. The third-order valence-electron chi connectivity index (χ3n) is 4.07. The zero-order valence-corrected chi connectivity index (χ0v) is 14.8. The molecule has 0 spiro atoms. The highest BCUT2D eigenvalue weighted by Crippen LogP contribution is 2.09. The van der Waals surface area contributed by atoms with E-state index in [2.05, 4.69) is 27.4 Å². The molecule has 1 amide bonds. The summed E-state index contributed by atoms with van der Waals surface area (Å²) in [6, 6.07) is 14.2. The normalized spacial score (nSPS) is 11.3. The van der Waals surface area contributed by atoms with Crippen molar-refractivity contribution in [1.29, 1.82) is 0 Å². The Morgan fingerprint density at radius 2 is 2.00 bits per heavy atom. The van der Waals surface area contributed by atoms with Crippen LogP contribution in [0.15, 0.2) is 79.0 Å². The van der Waals surface area contributed by atoms with Crippen molar-refractivity contribution in [3.8, 4) is 5.82 Å². The van der Waals surface area contributed by atoms with Gasteiger partial charge in [0.1, 0.15) is 12.1 Å². The first-order chi connectivity index (χ1) is 12.7. The Kier molecular flexibility index (Phi) is 5.93. The van der Waals surface area contributed by atoms with E-state index in [0.29, 0.717) is 6.54 Å². The summed E-state index contributed by atoms with van der Waals surface area (Å²) < 4.78 is 1.83. The molecule has 0 aliphatic heterocycles. The SMILES string of the molecule is C/C(=C\C(=O)NCc1ccc(-n2ccnc2)nc1)CCc1ccccc1. The molecule has 3 aromatic rings. The molecule has 0 bridgehead atoms. The number of carbonyl (C=O) groups is 1. The van der Waals surface area contributed by atoms with Gasteiger partial charge in [-0.15, -0.1) is 0 Å². The number of carbonyl (C=O) groups excluding carboxylic acids is 1. The third-order valence-corrected chi connectivity index (χ3v) is 4.07. The van der Waals surface area contributed by atoms with Gasteiger partial charge >= 0.3 is 0 Å². The van der Waals surface area contributed by atoms with Gasteiger partial charge in [0.25, 0.3) is 0 Å². The lowest BCUT2D eigenvalue weighted by Gasteiger charge is -2.06. The van der Waals surface area contributed by atoms with E-state index in [1.165, 1.54) is 5.56 Å². The van der Waals surface area contributed by atoms with Gasteiger partial charge in [-0.05, 0) is 37.0 Å². The Morgan fingerprint density at radius 3 is 2.69 bits per heavy atom. The molecule has 0 unspecified atom stereocenters. The molecule has 5 heteroatoms. The Hall–Kier alpha value is -3.21. The van der Waals surface area contributed by atoms with Crippen molar-refractivity contribution in [2.24, 2.45) is 0 Å². The molecule has 1 N–H and O–H groups in total. The first-order valence-electron chi connectivity index (χ1n) is 8.63. The number of allylic oxidation sites excluding steroid dienone is 1. The molecular formula is C21H22N4O. The molecule has 0 radical (unpaired) electrons. The van der Waals surface area contributed by atoms with Crippen LogP contribution < -0.4 is 5.32 Å². The molecular weight excluding hydrogens is 324 g/mol. The number of benzene rings is 1. The summed E-state index contributed by atoms with van der Waals surface area (Å²) in [5, 5.41) is 2.91. The van der Waals surface area contributed by atoms with Crippen LogP contribution in [-0.2, 0) is 17.8 Å². The number of nitrogens with one attached hydrogen (secondary N) is 1. The first kappa shape index (κ1) is 17.6. The third kappa shape index (κ3) is 5.14. The molecule has 132 valence electrons. The zero-order valence-electron chi connectivity index (χ0n) is 14.8. The second-order valence-electron chi connectivity index (χ2n) is 6.19. The fourth-order valence-corrected chi connectivity index (χ4v) is 2.59. The number of imidazole rings is 1. The van der Waals surface area contributed by atoms with Gasteiger partial charge in [0.05, 0.1) is 0 Å². The number of hydrogen-bond donors (Lipinski definition) is 1. The first-order valence-corrected chi connectivity index (χ1v) is 8.63. The predicted molar refractivity (Wildman–Crippen MR) is 102 cm³/mol.